The molecule has 5 rings (SSSR count). The second-order valence-electron chi connectivity index (χ2n) is 6.02. The van der Waals surface area contributed by atoms with Gasteiger partial charge in [-0.1, -0.05) is 41.7 Å². The molecule has 1 aliphatic heterocycles. The van der Waals surface area contributed by atoms with Crippen molar-refractivity contribution in [2.45, 2.75) is 22.1 Å². The van der Waals surface area contributed by atoms with E-state index in [9.17, 15) is 0 Å². The minimum Gasteiger partial charge on any atom is -0.301 e. The van der Waals surface area contributed by atoms with Crippen molar-refractivity contribution in [3.63, 3.8) is 0 Å². The van der Waals surface area contributed by atoms with Crippen LogP contribution in [-0.4, -0.2) is 45.5 Å². The van der Waals surface area contributed by atoms with E-state index in [0.29, 0.717) is 5.25 Å². The van der Waals surface area contributed by atoms with Gasteiger partial charge in [0.25, 0.3) is 0 Å². The van der Waals surface area contributed by atoms with Crippen LogP contribution in [0, 0.1) is 0 Å². The first-order chi connectivity index (χ1) is 13.4. The van der Waals surface area contributed by atoms with Crippen LogP contribution in [-0.2, 0) is 6.54 Å². The average molecular weight is 394 g/mol. The van der Waals surface area contributed by atoms with Gasteiger partial charge < -0.3 is 4.57 Å². The predicted octanol–water partition coefficient (Wildman–Crippen LogP) is 3.19. The summed E-state index contributed by atoms with van der Waals surface area (Å²) in [4.78, 5) is 8.60. The molecule has 4 heterocycles. The molecule has 27 heavy (non-hydrogen) atoms. The van der Waals surface area contributed by atoms with Crippen molar-refractivity contribution in [1.82, 2.24) is 34.5 Å². The zero-order chi connectivity index (χ0) is 18.1. The quantitative estimate of drug-likeness (QED) is 0.482. The van der Waals surface area contributed by atoms with E-state index in [4.69, 9.17) is 0 Å². The molecule has 1 aromatic carbocycles. The van der Waals surface area contributed by atoms with E-state index in [1.807, 2.05) is 48.7 Å². The lowest BCUT2D eigenvalue weighted by atomic mass is 10.2. The lowest BCUT2D eigenvalue weighted by molar-refractivity contribution is 0.677. The van der Waals surface area contributed by atoms with Gasteiger partial charge in [0.05, 0.1) is 5.69 Å². The van der Waals surface area contributed by atoms with Gasteiger partial charge in [-0.05, 0) is 24.3 Å². The zero-order valence-electron chi connectivity index (χ0n) is 14.2. The van der Waals surface area contributed by atoms with E-state index in [0.717, 1.165) is 39.7 Å². The third-order valence-electron chi connectivity index (χ3n) is 4.18. The van der Waals surface area contributed by atoms with E-state index in [1.165, 1.54) is 0 Å². The molecule has 0 radical (unpaired) electrons. The van der Waals surface area contributed by atoms with E-state index < -0.39 is 0 Å². The molecule has 4 aromatic rings. The SMILES string of the molecule is c1ccc(-n2cnc(SC[C@@H]3Cn4c(nnc4-c4cccnc4)S3)n2)cc1. The van der Waals surface area contributed by atoms with Gasteiger partial charge in [-0.2, -0.15) is 0 Å². The van der Waals surface area contributed by atoms with Crippen molar-refractivity contribution >= 4 is 23.5 Å². The Morgan fingerprint density at radius 1 is 1.11 bits per heavy atom. The summed E-state index contributed by atoms with van der Waals surface area (Å²) < 4.78 is 3.97. The maximum absolute atomic E-state index is 4.56. The molecular weight excluding hydrogens is 378 g/mol. The Morgan fingerprint density at radius 3 is 2.89 bits per heavy atom. The summed E-state index contributed by atoms with van der Waals surface area (Å²) in [5.41, 5.74) is 2.01. The van der Waals surface area contributed by atoms with Crippen LogP contribution in [0.4, 0.5) is 0 Å². The van der Waals surface area contributed by atoms with Gasteiger partial charge in [0.2, 0.25) is 5.16 Å². The van der Waals surface area contributed by atoms with Gasteiger partial charge in [0.15, 0.2) is 11.0 Å². The molecular formula is C18H15N7S2. The highest BCUT2D eigenvalue weighted by molar-refractivity contribution is 8.03. The minimum absolute atomic E-state index is 0.416. The lowest BCUT2D eigenvalue weighted by Crippen LogP contribution is -2.10. The molecule has 0 spiro atoms. The van der Waals surface area contributed by atoms with E-state index in [1.54, 1.807) is 40.7 Å². The van der Waals surface area contributed by atoms with Crippen molar-refractivity contribution in [2.24, 2.45) is 0 Å². The summed E-state index contributed by atoms with van der Waals surface area (Å²) in [5, 5.41) is 15.4. The van der Waals surface area contributed by atoms with Crippen LogP contribution in [0.1, 0.15) is 0 Å². The highest BCUT2D eigenvalue weighted by Crippen LogP contribution is 2.36. The summed E-state index contributed by atoms with van der Waals surface area (Å²) in [6.45, 7) is 0.879. The first-order valence-electron chi connectivity index (χ1n) is 8.47. The molecule has 7 nitrogen and oxygen atoms in total. The van der Waals surface area contributed by atoms with Crippen LogP contribution in [0.25, 0.3) is 17.1 Å². The van der Waals surface area contributed by atoms with E-state index in [-0.39, 0.29) is 0 Å². The molecule has 1 atom stereocenters. The molecule has 0 saturated carbocycles. The normalized spacial score (nSPS) is 15.8. The van der Waals surface area contributed by atoms with Gasteiger partial charge in [-0.25, -0.2) is 9.67 Å². The first-order valence-corrected chi connectivity index (χ1v) is 10.3. The zero-order valence-corrected chi connectivity index (χ0v) is 15.8. The molecule has 0 bridgehead atoms. The van der Waals surface area contributed by atoms with Crippen LogP contribution >= 0.6 is 23.5 Å². The third kappa shape index (κ3) is 3.35. The van der Waals surface area contributed by atoms with Crippen LogP contribution in [0.3, 0.4) is 0 Å². The molecule has 3 aromatic heterocycles. The molecule has 0 saturated heterocycles. The summed E-state index contributed by atoms with van der Waals surface area (Å²) in [6, 6.07) is 13.9. The van der Waals surface area contributed by atoms with Crippen molar-refractivity contribution in [2.75, 3.05) is 5.75 Å². The van der Waals surface area contributed by atoms with Crippen molar-refractivity contribution in [3.05, 3.63) is 61.2 Å². The molecule has 0 N–H and O–H groups in total. The summed E-state index contributed by atoms with van der Waals surface area (Å²) in [6.07, 6.45) is 5.35. The van der Waals surface area contributed by atoms with Gasteiger partial charge in [0, 0.05) is 35.5 Å². The predicted molar refractivity (Wildman–Crippen MR) is 105 cm³/mol. The Morgan fingerprint density at radius 2 is 2.04 bits per heavy atom. The van der Waals surface area contributed by atoms with Crippen LogP contribution in [0.2, 0.25) is 0 Å². The van der Waals surface area contributed by atoms with Gasteiger partial charge >= 0.3 is 0 Å². The second kappa shape index (κ2) is 7.16. The summed E-state index contributed by atoms with van der Waals surface area (Å²) in [5.74, 6) is 1.80. The molecule has 134 valence electrons. The molecule has 0 amide bonds. The summed E-state index contributed by atoms with van der Waals surface area (Å²) >= 11 is 3.43. The molecule has 1 aliphatic rings. The first kappa shape index (κ1) is 16.5. The largest absolute Gasteiger partial charge is 0.301 e. The number of pyridine rings is 1. The van der Waals surface area contributed by atoms with Crippen LogP contribution in [0.15, 0.2) is 71.5 Å². The van der Waals surface area contributed by atoms with Crippen molar-refractivity contribution in [3.8, 4) is 17.1 Å². The fraction of sp³-hybridized carbons (Fsp3) is 0.167. The lowest BCUT2D eigenvalue weighted by Gasteiger charge is -2.07. The number of fused-ring (bicyclic) bond motifs is 1. The van der Waals surface area contributed by atoms with Gasteiger partial charge in [-0.3, -0.25) is 4.98 Å². The number of thioether (sulfide) groups is 2. The molecule has 0 fully saturated rings. The minimum atomic E-state index is 0.416. The Bertz CT molecular complexity index is 1050. The Balaban J connectivity index is 1.24. The van der Waals surface area contributed by atoms with E-state index in [2.05, 4.69) is 29.8 Å². The van der Waals surface area contributed by atoms with E-state index >= 15 is 0 Å². The highest BCUT2D eigenvalue weighted by Gasteiger charge is 2.28. The monoisotopic (exact) mass is 393 g/mol. The third-order valence-corrected chi connectivity index (χ3v) is 6.57. The maximum atomic E-state index is 4.56. The number of para-hydroxylation sites is 1. The van der Waals surface area contributed by atoms with Crippen molar-refractivity contribution in [1.29, 1.82) is 0 Å². The number of benzene rings is 1. The molecule has 9 heteroatoms. The van der Waals surface area contributed by atoms with Crippen molar-refractivity contribution < 1.29 is 0 Å². The number of hydrogen-bond donors (Lipinski definition) is 0. The Labute approximate surface area is 164 Å². The number of rotatable bonds is 5. The molecule has 0 unspecified atom stereocenters. The smallest absolute Gasteiger partial charge is 0.208 e. The Hall–Kier alpha value is -2.65. The summed E-state index contributed by atoms with van der Waals surface area (Å²) in [7, 11) is 0. The number of aromatic nitrogens is 7. The fourth-order valence-electron chi connectivity index (χ4n) is 2.91. The number of nitrogens with zero attached hydrogens (tertiary/aromatic N) is 7. The standard InChI is InChI=1S/C18H15N7S2/c1-2-6-14(7-3-1)25-12-20-17(23-25)26-11-15-10-24-16(21-22-18(24)27-15)13-5-4-8-19-9-13/h1-9,12,15H,10-11H2/t15-/m0/s1. The topological polar surface area (TPSA) is 74.3 Å². The average Bonchev–Trinajstić information content (AvgIpc) is 3.43. The van der Waals surface area contributed by atoms with Crippen LogP contribution < -0.4 is 0 Å². The van der Waals surface area contributed by atoms with Gasteiger partial charge in [-0.15, -0.1) is 15.3 Å². The second-order valence-corrected chi connectivity index (χ2v) is 8.27. The fourth-order valence-corrected chi connectivity index (χ4v) is 4.99. The maximum Gasteiger partial charge on any atom is 0.208 e. The van der Waals surface area contributed by atoms with Gasteiger partial charge in [0.1, 0.15) is 6.33 Å². The number of hydrogen-bond acceptors (Lipinski definition) is 7. The Kier molecular flexibility index (Phi) is 4.38. The van der Waals surface area contributed by atoms with Crippen LogP contribution in [0.5, 0.6) is 0 Å². The molecule has 0 aliphatic carbocycles. The highest BCUT2D eigenvalue weighted by atomic mass is 32.2.